The molecule has 134 valence electrons. The number of nitrogens with zero attached hydrogens (tertiary/aromatic N) is 1. The van der Waals surface area contributed by atoms with Crippen molar-refractivity contribution in [3.05, 3.63) is 35.9 Å². The van der Waals surface area contributed by atoms with E-state index in [0.717, 1.165) is 44.6 Å². The predicted octanol–water partition coefficient (Wildman–Crippen LogP) is 3.16. The highest BCUT2D eigenvalue weighted by Crippen LogP contribution is 2.12. The molecule has 0 fully saturated rings. The molecule has 0 radical (unpaired) electrons. The maximum atomic E-state index is 11.8. The van der Waals surface area contributed by atoms with E-state index < -0.39 is 0 Å². The lowest BCUT2D eigenvalue weighted by Crippen LogP contribution is -2.29. The van der Waals surface area contributed by atoms with Crippen LogP contribution >= 0.6 is 24.8 Å². The van der Waals surface area contributed by atoms with E-state index in [0.29, 0.717) is 6.42 Å². The van der Waals surface area contributed by atoms with Gasteiger partial charge in [0.15, 0.2) is 0 Å². The minimum absolute atomic E-state index is 0. The molecule has 0 saturated carbocycles. The number of nitrogens with one attached hydrogen (secondary N) is 1. The first-order valence-electron chi connectivity index (χ1n) is 7.97. The van der Waals surface area contributed by atoms with Gasteiger partial charge in [-0.2, -0.15) is 0 Å². The largest absolute Gasteiger partial charge is 0.356 e. The third kappa shape index (κ3) is 10.6. The number of carbonyl (C=O) groups is 1. The summed E-state index contributed by atoms with van der Waals surface area (Å²) in [6, 6.07) is 9.54. The molecule has 0 aliphatic rings. The van der Waals surface area contributed by atoms with Crippen LogP contribution in [0.3, 0.4) is 0 Å². The van der Waals surface area contributed by atoms with Crippen LogP contribution in [0.1, 0.15) is 44.7 Å². The quantitative estimate of drug-likeness (QED) is 0.627. The fourth-order valence-electron chi connectivity index (χ4n) is 2.32. The molecule has 3 N–H and O–H groups in total. The maximum absolute atomic E-state index is 11.8. The number of amides is 1. The Morgan fingerprint density at radius 3 is 2.30 bits per heavy atom. The van der Waals surface area contributed by atoms with Crippen LogP contribution in [-0.2, 0) is 4.79 Å². The van der Waals surface area contributed by atoms with Gasteiger partial charge in [0, 0.05) is 19.0 Å². The van der Waals surface area contributed by atoms with Crippen molar-refractivity contribution in [2.24, 2.45) is 5.73 Å². The molecule has 1 aromatic rings. The van der Waals surface area contributed by atoms with E-state index in [2.05, 4.69) is 24.1 Å². The first-order valence-corrected chi connectivity index (χ1v) is 7.97. The smallest absolute Gasteiger partial charge is 0.221 e. The number of benzene rings is 1. The minimum Gasteiger partial charge on any atom is -0.356 e. The highest BCUT2D eigenvalue weighted by molar-refractivity contribution is 5.85. The summed E-state index contributed by atoms with van der Waals surface area (Å²) in [4.78, 5) is 14.2. The number of rotatable bonds is 10. The van der Waals surface area contributed by atoms with Crippen molar-refractivity contribution in [3.8, 4) is 0 Å². The van der Waals surface area contributed by atoms with Gasteiger partial charge in [0.05, 0.1) is 0 Å². The van der Waals surface area contributed by atoms with Crippen LogP contribution in [0.25, 0.3) is 0 Å². The third-order valence-electron chi connectivity index (χ3n) is 3.75. The van der Waals surface area contributed by atoms with Crippen LogP contribution in [0.5, 0.6) is 0 Å². The molecular formula is C17H31Cl2N3O. The summed E-state index contributed by atoms with van der Waals surface area (Å²) < 4.78 is 0. The van der Waals surface area contributed by atoms with Crippen LogP contribution in [0.2, 0.25) is 0 Å². The zero-order valence-corrected chi connectivity index (χ0v) is 15.8. The van der Waals surface area contributed by atoms with Crippen molar-refractivity contribution in [1.82, 2.24) is 10.2 Å². The number of hydrogen-bond acceptors (Lipinski definition) is 3. The van der Waals surface area contributed by atoms with Gasteiger partial charge >= 0.3 is 0 Å². The van der Waals surface area contributed by atoms with E-state index in [4.69, 9.17) is 5.73 Å². The molecule has 1 aromatic carbocycles. The molecule has 23 heavy (non-hydrogen) atoms. The van der Waals surface area contributed by atoms with Crippen LogP contribution in [0.15, 0.2) is 30.3 Å². The van der Waals surface area contributed by atoms with Gasteiger partial charge in [-0.25, -0.2) is 0 Å². The van der Waals surface area contributed by atoms with Gasteiger partial charge in [0.25, 0.3) is 0 Å². The van der Waals surface area contributed by atoms with Crippen LogP contribution < -0.4 is 11.1 Å². The molecule has 4 nitrogen and oxygen atoms in total. The Kier molecular flexibility index (Phi) is 15.7. The summed E-state index contributed by atoms with van der Waals surface area (Å²) in [5.74, 6) is 0.0363. The number of hydrogen-bond donors (Lipinski definition) is 2. The van der Waals surface area contributed by atoms with Crippen LogP contribution in [0, 0.1) is 0 Å². The molecule has 0 aromatic heterocycles. The molecule has 0 spiro atoms. The fourth-order valence-corrected chi connectivity index (χ4v) is 2.32. The third-order valence-corrected chi connectivity index (χ3v) is 3.75. The van der Waals surface area contributed by atoms with Crippen molar-refractivity contribution >= 4 is 30.7 Å². The van der Waals surface area contributed by atoms with Gasteiger partial charge in [-0.3, -0.25) is 4.79 Å². The summed E-state index contributed by atoms with van der Waals surface area (Å²) in [7, 11) is 0. The molecule has 6 heteroatoms. The van der Waals surface area contributed by atoms with Crippen LogP contribution in [0.4, 0.5) is 0 Å². The average Bonchev–Trinajstić information content (AvgIpc) is 2.51. The van der Waals surface area contributed by atoms with Gasteiger partial charge in [-0.05, 0) is 38.0 Å². The van der Waals surface area contributed by atoms with Gasteiger partial charge in [-0.15, -0.1) is 24.8 Å². The average molecular weight is 364 g/mol. The summed E-state index contributed by atoms with van der Waals surface area (Å²) in [6.07, 6.45) is 2.48. The second-order valence-corrected chi connectivity index (χ2v) is 5.31. The lowest BCUT2D eigenvalue weighted by molar-refractivity contribution is -0.121. The van der Waals surface area contributed by atoms with E-state index in [9.17, 15) is 4.79 Å². The summed E-state index contributed by atoms with van der Waals surface area (Å²) in [5.41, 5.74) is 7.04. The highest BCUT2D eigenvalue weighted by atomic mass is 35.5. The number of carbonyl (C=O) groups excluding carboxylic acids is 1. The minimum atomic E-state index is -0.220. The van der Waals surface area contributed by atoms with Crippen molar-refractivity contribution in [3.63, 3.8) is 0 Å². The second kappa shape index (κ2) is 14.8. The highest BCUT2D eigenvalue weighted by Gasteiger charge is 2.10. The lowest BCUT2D eigenvalue weighted by atomic mass is 10.0. The molecule has 0 bridgehead atoms. The molecule has 1 unspecified atom stereocenters. The number of unbranched alkanes of at least 4 members (excludes halogenated alkanes) is 1. The van der Waals surface area contributed by atoms with E-state index in [-0.39, 0.29) is 36.8 Å². The standard InChI is InChI=1S/C17H29N3O.2ClH/c1-3-20(4-2)13-9-8-12-19-17(21)14-16(18)15-10-6-5-7-11-15;;/h5-7,10-11,16H,3-4,8-9,12-14,18H2,1-2H3,(H,19,21);2*1H. The van der Waals surface area contributed by atoms with Gasteiger partial charge in [0.2, 0.25) is 5.91 Å². The van der Waals surface area contributed by atoms with Gasteiger partial charge < -0.3 is 16.0 Å². The molecular weight excluding hydrogens is 333 g/mol. The van der Waals surface area contributed by atoms with Crippen LogP contribution in [-0.4, -0.2) is 37.0 Å². The molecule has 1 rings (SSSR count). The normalized spacial score (nSPS) is 11.3. The van der Waals surface area contributed by atoms with E-state index >= 15 is 0 Å². The Morgan fingerprint density at radius 2 is 1.74 bits per heavy atom. The molecule has 1 atom stereocenters. The molecule has 0 heterocycles. The van der Waals surface area contributed by atoms with Crippen molar-refractivity contribution in [2.75, 3.05) is 26.2 Å². The Bertz CT molecular complexity index is 400. The zero-order chi connectivity index (χ0) is 15.5. The predicted molar refractivity (Wildman–Crippen MR) is 103 cm³/mol. The first-order chi connectivity index (χ1) is 10.2. The Hall–Kier alpha value is -0.810. The molecule has 0 aliphatic carbocycles. The van der Waals surface area contributed by atoms with Gasteiger partial charge in [-0.1, -0.05) is 44.2 Å². The van der Waals surface area contributed by atoms with E-state index in [1.807, 2.05) is 30.3 Å². The Labute approximate surface area is 153 Å². The van der Waals surface area contributed by atoms with E-state index in [1.165, 1.54) is 0 Å². The molecule has 0 aliphatic heterocycles. The van der Waals surface area contributed by atoms with Crippen molar-refractivity contribution in [2.45, 2.75) is 39.2 Å². The van der Waals surface area contributed by atoms with Crippen molar-refractivity contribution in [1.29, 1.82) is 0 Å². The number of nitrogens with two attached hydrogens (primary N) is 1. The SMILES string of the molecule is CCN(CC)CCCCNC(=O)CC(N)c1ccccc1.Cl.Cl. The zero-order valence-electron chi connectivity index (χ0n) is 14.2. The molecule has 0 saturated heterocycles. The summed E-state index contributed by atoms with van der Waals surface area (Å²) >= 11 is 0. The van der Waals surface area contributed by atoms with Crippen molar-refractivity contribution < 1.29 is 4.79 Å². The Morgan fingerprint density at radius 1 is 1.13 bits per heavy atom. The monoisotopic (exact) mass is 363 g/mol. The lowest BCUT2D eigenvalue weighted by Gasteiger charge is -2.17. The first kappa shape index (κ1) is 24.4. The topological polar surface area (TPSA) is 58.4 Å². The second-order valence-electron chi connectivity index (χ2n) is 5.31. The number of halogens is 2. The summed E-state index contributed by atoms with van der Waals surface area (Å²) in [5, 5.41) is 2.96. The fraction of sp³-hybridized carbons (Fsp3) is 0.588. The summed E-state index contributed by atoms with van der Waals surface area (Å²) in [6.45, 7) is 8.38. The molecule has 1 amide bonds. The maximum Gasteiger partial charge on any atom is 0.221 e. The van der Waals surface area contributed by atoms with Gasteiger partial charge in [0.1, 0.15) is 0 Å². The van der Waals surface area contributed by atoms with E-state index in [1.54, 1.807) is 0 Å². The Balaban J connectivity index is 0.